The molecule has 17 heavy (non-hydrogen) atoms. The van der Waals surface area contributed by atoms with Gasteiger partial charge >= 0.3 is 0 Å². The van der Waals surface area contributed by atoms with Crippen molar-refractivity contribution >= 4 is 32.2 Å². The molecule has 1 aromatic carbocycles. The molecule has 0 spiro atoms. The average Bonchev–Trinajstić information content (AvgIpc) is 2.72. The van der Waals surface area contributed by atoms with Crippen LogP contribution in [-0.2, 0) is 16.6 Å². The lowest BCUT2D eigenvalue weighted by molar-refractivity contribution is 0.663. The highest BCUT2D eigenvalue weighted by molar-refractivity contribution is 7.84. The van der Waals surface area contributed by atoms with Gasteiger partial charge in [-0.2, -0.15) is 0 Å². The van der Waals surface area contributed by atoms with Crippen molar-refractivity contribution in [2.45, 2.75) is 25.1 Å². The number of benzene rings is 1. The highest BCUT2D eigenvalue weighted by atomic mass is 32.2. The van der Waals surface area contributed by atoms with Crippen LogP contribution < -0.4 is 5.73 Å². The summed E-state index contributed by atoms with van der Waals surface area (Å²) >= 11 is 1.71. The van der Waals surface area contributed by atoms with E-state index in [9.17, 15) is 4.21 Å². The molecule has 2 unspecified atom stereocenters. The molecule has 2 N–H and O–H groups in total. The minimum absolute atomic E-state index is 0.0562. The number of thiophene rings is 1. The van der Waals surface area contributed by atoms with Crippen molar-refractivity contribution in [2.24, 2.45) is 5.73 Å². The van der Waals surface area contributed by atoms with Crippen molar-refractivity contribution < 1.29 is 4.21 Å². The highest BCUT2D eigenvalue weighted by Gasteiger charge is 2.10. The largest absolute Gasteiger partial charge is 0.327 e. The lowest BCUT2D eigenvalue weighted by atomic mass is 10.2. The second-order valence-corrected chi connectivity index (χ2v) is 6.59. The number of rotatable bonds is 5. The van der Waals surface area contributed by atoms with E-state index >= 15 is 0 Å². The van der Waals surface area contributed by atoms with Crippen LogP contribution in [0.2, 0.25) is 0 Å². The predicted octanol–water partition coefficient (Wildman–Crippen LogP) is 2.89. The first kappa shape index (κ1) is 12.7. The smallest absolute Gasteiger partial charge is 0.0500 e. The van der Waals surface area contributed by atoms with Crippen LogP contribution in [0.1, 0.15) is 18.9 Å². The molecule has 0 fully saturated rings. The summed E-state index contributed by atoms with van der Waals surface area (Å²) in [5, 5.41) is 3.34. The van der Waals surface area contributed by atoms with Crippen molar-refractivity contribution in [1.29, 1.82) is 0 Å². The second-order valence-electron chi connectivity index (χ2n) is 4.18. The first-order chi connectivity index (χ1) is 8.20. The van der Waals surface area contributed by atoms with E-state index in [4.69, 9.17) is 5.73 Å². The monoisotopic (exact) mass is 267 g/mol. The minimum Gasteiger partial charge on any atom is -0.327 e. The van der Waals surface area contributed by atoms with Gasteiger partial charge in [0.2, 0.25) is 0 Å². The maximum Gasteiger partial charge on any atom is 0.0500 e. The average molecular weight is 267 g/mol. The van der Waals surface area contributed by atoms with Gasteiger partial charge in [-0.25, -0.2) is 0 Å². The van der Waals surface area contributed by atoms with Gasteiger partial charge in [-0.15, -0.1) is 11.3 Å². The Morgan fingerprint density at radius 3 is 2.94 bits per heavy atom. The zero-order valence-corrected chi connectivity index (χ0v) is 11.5. The minimum atomic E-state index is -0.854. The Balaban J connectivity index is 2.11. The van der Waals surface area contributed by atoms with E-state index in [1.54, 1.807) is 11.3 Å². The Morgan fingerprint density at radius 1 is 1.41 bits per heavy atom. The molecule has 2 aromatic rings. The van der Waals surface area contributed by atoms with Gasteiger partial charge in [0.05, 0.1) is 5.75 Å². The molecule has 1 aromatic heterocycles. The molecule has 0 bridgehead atoms. The van der Waals surface area contributed by atoms with Crippen LogP contribution in [-0.4, -0.2) is 16.0 Å². The molecule has 0 aliphatic heterocycles. The van der Waals surface area contributed by atoms with Crippen LogP contribution in [0.15, 0.2) is 29.6 Å². The molecule has 0 aliphatic carbocycles. The van der Waals surface area contributed by atoms with E-state index in [1.165, 1.54) is 15.6 Å². The van der Waals surface area contributed by atoms with E-state index in [2.05, 4.69) is 17.5 Å². The van der Waals surface area contributed by atoms with Crippen LogP contribution in [0.3, 0.4) is 0 Å². The molecule has 92 valence electrons. The Morgan fingerprint density at radius 2 is 2.18 bits per heavy atom. The van der Waals surface area contributed by atoms with Crippen LogP contribution >= 0.6 is 11.3 Å². The highest BCUT2D eigenvalue weighted by Crippen LogP contribution is 2.26. The number of fused-ring (bicyclic) bond motifs is 1. The fourth-order valence-corrected chi connectivity index (χ4v) is 4.22. The molecule has 4 heteroatoms. The van der Waals surface area contributed by atoms with Crippen LogP contribution in [0.4, 0.5) is 0 Å². The van der Waals surface area contributed by atoms with Crippen LogP contribution in [0.5, 0.6) is 0 Å². The van der Waals surface area contributed by atoms with Gasteiger partial charge in [0, 0.05) is 27.3 Å². The Bertz CT molecular complexity index is 521. The zero-order chi connectivity index (χ0) is 12.3. The molecule has 1 heterocycles. The first-order valence-electron chi connectivity index (χ1n) is 5.76. The maximum absolute atomic E-state index is 12.0. The normalized spacial score (nSPS) is 14.9. The molecule has 2 atom stereocenters. The lowest BCUT2D eigenvalue weighted by Crippen LogP contribution is -2.26. The fraction of sp³-hybridized carbons (Fsp3) is 0.385. The molecular weight excluding hydrogens is 250 g/mol. The molecular formula is C13H17NOS2. The molecule has 0 aliphatic rings. The van der Waals surface area contributed by atoms with Gasteiger partial charge < -0.3 is 5.73 Å². The van der Waals surface area contributed by atoms with Gasteiger partial charge in [-0.3, -0.25) is 4.21 Å². The summed E-state index contributed by atoms with van der Waals surface area (Å²) in [5.74, 6) is 1.22. The van der Waals surface area contributed by atoms with Gasteiger partial charge in [-0.05, 0) is 28.8 Å². The zero-order valence-electron chi connectivity index (χ0n) is 9.89. The Kier molecular flexibility index (Phi) is 4.31. The third kappa shape index (κ3) is 3.15. The molecule has 2 rings (SSSR count). The Labute approximate surface area is 108 Å². The van der Waals surface area contributed by atoms with Crippen LogP contribution in [0, 0.1) is 0 Å². The molecule has 2 nitrogen and oxygen atoms in total. The summed E-state index contributed by atoms with van der Waals surface area (Å²) in [7, 11) is -0.854. The summed E-state index contributed by atoms with van der Waals surface area (Å²) in [5.41, 5.74) is 7.01. The second kappa shape index (κ2) is 5.76. The summed E-state index contributed by atoms with van der Waals surface area (Å²) in [6.45, 7) is 2.03. The molecule has 0 amide bonds. The van der Waals surface area contributed by atoms with E-state index in [0.29, 0.717) is 11.5 Å². The molecule has 0 saturated heterocycles. The number of hydrogen-bond donors (Lipinski definition) is 1. The van der Waals surface area contributed by atoms with Gasteiger partial charge in [-0.1, -0.05) is 25.1 Å². The molecule has 0 radical (unpaired) electrons. The summed E-state index contributed by atoms with van der Waals surface area (Å²) < 4.78 is 13.2. The summed E-state index contributed by atoms with van der Waals surface area (Å²) in [4.78, 5) is 0. The Hall–Kier alpha value is -0.710. The van der Waals surface area contributed by atoms with Crippen LogP contribution in [0.25, 0.3) is 10.1 Å². The lowest BCUT2D eigenvalue weighted by Gasteiger charge is -2.07. The van der Waals surface area contributed by atoms with E-state index in [1.807, 2.05) is 19.1 Å². The van der Waals surface area contributed by atoms with Crippen molar-refractivity contribution in [3.8, 4) is 0 Å². The summed E-state index contributed by atoms with van der Waals surface area (Å²) in [6.07, 6.45) is 0.885. The van der Waals surface area contributed by atoms with Crippen molar-refractivity contribution in [3.05, 3.63) is 35.2 Å². The number of nitrogens with two attached hydrogens (primary N) is 1. The fourth-order valence-electron chi connectivity index (χ4n) is 1.73. The first-order valence-corrected chi connectivity index (χ1v) is 8.13. The van der Waals surface area contributed by atoms with E-state index < -0.39 is 10.8 Å². The summed E-state index contributed by atoms with van der Waals surface area (Å²) in [6, 6.07) is 8.31. The van der Waals surface area contributed by atoms with E-state index in [-0.39, 0.29) is 6.04 Å². The number of hydrogen-bond acceptors (Lipinski definition) is 3. The van der Waals surface area contributed by atoms with E-state index in [0.717, 1.165) is 6.42 Å². The quantitative estimate of drug-likeness (QED) is 0.905. The third-order valence-corrected chi connectivity index (χ3v) is 5.25. The van der Waals surface area contributed by atoms with Gasteiger partial charge in [0.15, 0.2) is 0 Å². The van der Waals surface area contributed by atoms with Gasteiger partial charge in [0.1, 0.15) is 0 Å². The predicted molar refractivity (Wildman–Crippen MR) is 76.8 cm³/mol. The molecule has 0 saturated carbocycles. The third-order valence-electron chi connectivity index (χ3n) is 2.80. The standard InChI is InChI=1S/C13H17NOS2/c1-2-11(14)9-17(15)8-10-7-16-13-6-4-3-5-12(10)13/h3-7,11H,2,8-9,14H2,1H3. The van der Waals surface area contributed by atoms with Crippen molar-refractivity contribution in [1.82, 2.24) is 0 Å². The maximum atomic E-state index is 12.0. The van der Waals surface area contributed by atoms with Crippen molar-refractivity contribution in [3.63, 3.8) is 0 Å². The van der Waals surface area contributed by atoms with Crippen molar-refractivity contribution in [2.75, 3.05) is 5.75 Å². The topological polar surface area (TPSA) is 43.1 Å². The SMILES string of the molecule is CCC(N)CS(=O)Cc1csc2ccccc12. The van der Waals surface area contributed by atoms with Gasteiger partial charge in [0.25, 0.3) is 0 Å².